The molecule has 2 N–H and O–H groups in total. The Morgan fingerprint density at radius 3 is 2.62 bits per heavy atom. The van der Waals surface area contributed by atoms with Crippen molar-refractivity contribution >= 4 is 5.91 Å². The highest BCUT2D eigenvalue weighted by molar-refractivity contribution is 5.93. The number of nitrogens with one attached hydrogen (secondary N) is 1. The van der Waals surface area contributed by atoms with Crippen molar-refractivity contribution in [3.05, 3.63) is 33.7 Å². The number of alkyl halides is 3. The first-order valence-corrected chi connectivity index (χ1v) is 6.48. The van der Waals surface area contributed by atoms with Gasteiger partial charge in [-0.1, -0.05) is 6.92 Å². The van der Waals surface area contributed by atoms with E-state index in [-0.39, 0.29) is 24.6 Å². The molecule has 1 saturated heterocycles. The minimum Gasteiger partial charge on any atom is -0.393 e. The second kappa shape index (κ2) is 5.51. The summed E-state index contributed by atoms with van der Waals surface area (Å²) in [6.45, 7) is 2.30. The minimum atomic E-state index is -4.66. The Bertz CT molecular complexity index is 597. The van der Waals surface area contributed by atoms with E-state index in [1.807, 2.05) is 0 Å². The lowest BCUT2D eigenvalue weighted by atomic mass is 9.96. The summed E-state index contributed by atoms with van der Waals surface area (Å²) in [5.41, 5.74) is -2.58. The number of amides is 1. The van der Waals surface area contributed by atoms with Gasteiger partial charge < -0.3 is 15.0 Å². The highest BCUT2D eigenvalue weighted by Crippen LogP contribution is 2.26. The Morgan fingerprint density at radius 2 is 2.10 bits per heavy atom. The number of H-pyrrole nitrogens is 1. The summed E-state index contributed by atoms with van der Waals surface area (Å²) in [6.07, 6.45) is -4.80. The number of pyridine rings is 1. The summed E-state index contributed by atoms with van der Waals surface area (Å²) in [6, 6.07) is 1.57. The Kier molecular flexibility index (Phi) is 4.08. The number of aromatic nitrogens is 1. The first-order valence-electron chi connectivity index (χ1n) is 6.48. The lowest BCUT2D eigenvalue weighted by Crippen LogP contribution is -2.46. The topological polar surface area (TPSA) is 73.4 Å². The summed E-state index contributed by atoms with van der Waals surface area (Å²) in [7, 11) is 0. The third kappa shape index (κ3) is 3.26. The number of aliphatic hydroxyl groups excluding tert-OH is 1. The minimum absolute atomic E-state index is 0.142. The molecule has 1 aromatic heterocycles. The van der Waals surface area contributed by atoms with E-state index in [1.165, 1.54) is 4.90 Å². The quantitative estimate of drug-likeness (QED) is 0.820. The maximum Gasteiger partial charge on any atom is 0.431 e. The number of halogens is 3. The van der Waals surface area contributed by atoms with E-state index >= 15 is 0 Å². The third-order valence-corrected chi connectivity index (χ3v) is 3.59. The van der Waals surface area contributed by atoms with Crippen molar-refractivity contribution in [2.75, 3.05) is 13.1 Å². The zero-order valence-electron chi connectivity index (χ0n) is 11.3. The smallest absolute Gasteiger partial charge is 0.393 e. The summed E-state index contributed by atoms with van der Waals surface area (Å²) in [5.74, 6) is -0.764. The highest BCUT2D eigenvalue weighted by Gasteiger charge is 2.33. The number of likely N-dealkylation sites (tertiary alicyclic amines) is 1. The molecule has 0 radical (unpaired) electrons. The van der Waals surface area contributed by atoms with E-state index in [4.69, 9.17) is 0 Å². The van der Waals surface area contributed by atoms with E-state index in [0.29, 0.717) is 12.5 Å². The molecule has 8 heteroatoms. The molecule has 1 fully saturated rings. The molecule has 0 aromatic carbocycles. The van der Waals surface area contributed by atoms with Crippen molar-refractivity contribution in [2.24, 2.45) is 5.92 Å². The largest absolute Gasteiger partial charge is 0.431 e. The van der Waals surface area contributed by atoms with Crippen molar-refractivity contribution < 1.29 is 23.1 Å². The number of nitrogens with zero attached hydrogens (tertiary/aromatic N) is 1. The molecule has 2 atom stereocenters. The van der Waals surface area contributed by atoms with Crippen molar-refractivity contribution in [1.82, 2.24) is 9.88 Å². The molecule has 0 saturated carbocycles. The maximum atomic E-state index is 12.5. The normalized spacial score (nSPS) is 23.2. The first-order chi connectivity index (χ1) is 9.70. The number of aromatic amines is 1. The van der Waals surface area contributed by atoms with Crippen molar-refractivity contribution in [2.45, 2.75) is 25.6 Å². The van der Waals surface area contributed by atoms with E-state index in [1.54, 1.807) is 11.9 Å². The zero-order chi connectivity index (χ0) is 15.8. The van der Waals surface area contributed by atoms with Crippen LogP contribution in [0.4, 0.5) is 13.2 Å². The van der Waals surface area contributed by atoms with Crippen LogP contribution in [0.2, 0.25) is 0 Å². The van der Waals surface area contributed by atoms with Gasteiger partial charge in [0.1, 0.15) is 11.3 Å². The monoisotopic (exact) mass is 304 g/mol. The molecule has 1 aromatic rings. The number of hydrogen-bond acceptors (Lipinski definition) is 3. The van der Waals surface area contributed by atoms with Crippen LogP contribution in [-0.4, -0.2) is 40.1 Å². The molecule has 0 bridgehead atoms. The van der Waals surface area contributed by atoms with Gasteiger partial charge >= 0.3 is 6.18 Å². The molecular weight excluding hydrogens is 289 g/mol. The first kappa shape index (κ1) is 15.6. The van der Waals surface area contributed by atoms with Crippen molar-refractivity contribution in [3.63, 3.8) is 0 Å². The number of carbonyl (C=O) groups excluding carboxylic acids is 1. The average molecular weight is 304 g/mol. The van der Waals surface area contributed by atoms with Crippen LogP contribution in [0, 0.1) is 5.92 Å². The van der Waals surface area contributed by atoms with Gasteiger partial charge in [0, 0.05) is 13.1 Å². The molecule has 2 rings (SSSR count). The van der Waals surface area contributed by atoms with Gasteiger partial charge in [-0.15, -0.1) is 0 Å². The van der Waals surface area contributed by atoms with E-state index < -0.39 is 29.4 Å². The molecule has 21 heavy (non-hydrogen) atoms. The van der Waals surface area contributed by atoms with Crippen LogP contribution in [0.5, 0.6) is 0 Å². The van der Waals surface area contributed by atoms with E-state index in [2.05, 4.69) is 0 Å². The number of carbonyl (C=O) groups is 1. The highest BCUT2D eigenvalue weighted by atomic mass is 19.4. The molecule has 0 spiro atoms. The van der Waals surface area contributed by atoms with E-state index in [0.717, 1.165) is 6.07 Å². The third-order valence-electron chi connectivity index (χ3n) is 3.59. The van der Waals surface area contributed by atoms with Gasteiger partial charge in [0.25, 0.3) is 11.5 Å². The van der Waals surface area contributed by atoms with Gasteiger partial charge in [0.15, 0.2) is 0 Å². The van der Waals surface area contributed by atoms with Gasteiger partial charge in [-0.25, -0.2) is 0 Å². The fourth-order valence-electron chi connectivity index (χ4n) is 2.30. The fraction of sp³-hybridized carbons (Fsp3) is 0.538. The second-order valence-corrected chi connectivity index (χ2v) is 5.20. The molecule has 1 amide bonds. The summed E-state index contributed by atoms with van der Waals surface area (Å²) in [5, 5.41) is 9.60. The lowest BCUT2D eigenvalue weighted by molar-refractivity contribution is -0.141. The number of hydrogen-bond donors (Lipinski definition) is 2. The van der Waals surface area contributed by atoms with Crippen LogP contribution in [0.3, 0.4) is 0 Å². The zero-order valence-corrected chi connectivity index (χ0v) is 11.3. The summed E-state index contributed by atoms with van der Waals surface area (Å²) in [4.78, 5) is 26.9. The molecule has 1 aliphatic heterocycles. The second-order valence-electron chi connectivity index (χ2n) is 5.20. The van der Waals surface area contributed by atoms with Gasteiger partial charge in [-0.2, -0.15) is 13.2 Å². The molecular formula is C13H15F3N2O3. The van der Waals surface area contributed by atoms with Crippen LogP contribution in [0.25, 0.3) is 0 Å². The van der Waals surface area contributed by atoms with Gasteiger partial charge in [-0.3, -0.25) is 9.59 Å². The van der Waals surface area contributed by atoms with Gasteiger partial charge in [0.05, 0.1) is 6.10 Å². The SMILES string of the molecule is CC1CN(C(=O)c2ccc(C(F)(F)F)[nH]c2=O)CCC1O. The summed E-state index contributed by atoms with van der Waals surface area (Å²) < 4.78 is 37.4. The standard InChI is InChI=1S/C13H15F3N2O3/c1-7-6-18(5-4-9(7)19)12(21)8-2-3-10(13(14,15)16)17-11(8)20/h2-3,7,9,19H,4-6H2,1H3,(H,17,20). The molecule has 2 unspecified atom stereocenters. The predicted octanol–water partition coefficient (Wildman–Crippen LogP) is 1.24. The maximum absolute atomic E-state index is 12.5. The molecule has 1 aliphatic rings. The molecule has 116 valence electrons. The lowest BCUT2D eigenvalue weighted by Gasteiger charge is -2.34. The van der Waals surface area contributed by atoms with Crippen LogP contribution in [0.15, 0.2) is 16.9 Å². The Balaban J connectivity index is 2.23. The summed E-state index contributed by atoms with van der Waals surface area (Å²) >= 11 is 0. The average Bonchev–Trinajstić information content (AvgIpc) is 2.40. The van der Waals surface area contributed by atoms with Crippen LogP contribution in [0.1, 0.15) is 29.4 Å². The van der Waals surface area contributed by atoms with Gasteiger partial charge in [-0.05, 0) is 24.5 Å². The number of rotatable bonds is 1. The Morgan fingerprint density at radius 1 is 1.43 bits per heavy atom. The molecule has 0 aliphatic carbocycles. The van der Waals surface area contributed by atoms with Crippen LogP contribution < -0.4 is 5.56 Å². The molecule has 5 nitrogen and oxygen atoms in total. The van der Waals surface area contributed by atoms with Crippen LogP contribution >= 0.6 is 0 Å². The van der Waals surface area contributed by atoms with Crippen LogP contribution in [-0.2, 0) is 6.18 Å². The predicted molar refractivity (Wildman–Crippen MR) is 67.8 cm³/mol. The fourth-order valence-corrected chi connectivity index (χ4v) is 2.30. The Labute approximate surface area is 118 Å². The van der Waals surface area contributed by atoms with Crippen molar-refractivity contribution in [3.8, 4) is 0 Å². The van der Waals surface area contributed by atoms with Gasteiger partial charge in [0.2, 0.25) is 0 Å². The number of aliphatic hydroxyl groups is 1. The number of piperidine rings is 1. The van der Waals surface area contributed by atoms with E-state index in [9.17, 15) is 27.9 Å². The Hall–Kier alpha value is -1.83. The molecule has 2 heterocycles. The van der Waals surface area contributed by atoms with Crippen molar-refractivity contribution in [1.29, 1.82) is 0 Å².